The molecule has 22 heavy (non-hydrogen) atoms. The number of aromatic nitrogens is 1. The first kappa shape index (κ1) is 15.9. The highest BCUT2D eigenvalue weighted by Crippen LogP contribution is 2.27. The van der Waals surface area contributed by atoms with Crippen LogP contribution in [0, 0.1) is 0 Å². The zero-order valence-electron chi connectivity index (χ0n) is 11.5. The van der Waals surface area contributed by atoms with Gasteiger partial charge in [0.1, 0.15) is 23.7 Å². The van der Waals surface area contributed by atoms with Crippen molar-refractivity contribution in [2.24, 2.45) is 10.9 Å². The third kappa shape index (κ3) is 3.78. The number of ether oxygens (including phenoxy) is 1. The van der Waals surface area contributed by atoms with E-state index in [9.17, 15) is 0 Å². The Bertz CT molecular complexity index is 662. The lowest BCUT2D eigenvalue weighted by Gasteiger charge is -2.14. The first-order chi connectivity index (χ1) is 10.7. The van der Waals surface area contributed by atoms with Crippen molar-refractivity contribution in [2.45, 2.75) is 0 Å². The fourth-order valence-corrected chi connectivity index (χ4v) is 1.91. The average Bonchev–Trinajstić information content (AvgIpc) is 2.54. The fourth-order valence-electron chi connectivity index (χ4n) is 1.78. The number of nitrogens with one attached hydrogen (secondary N) is 1. The van der Waals surface area contributed by atoms with Crippen LogP contribution in [0.4, 0.5) is 11.5 Å². The molecule has 0 aliphatic rings. The number of anilines is 2. The number of hydrogen-bond donors (Lipinski definition) is 4. The van der Waals surface area contributed by atoms with Crippen LogP contribution in [0.5, 0.6) is 5.75 Å². The summed E-state index contributed by atoms with van der Waals surface area (Å²) >= 11 is 5.84. The van der Waals surface area contributed by atoms with Crippen LogP contribution >= 0.6 is 11.6 Å². The van der Waals surface area contributed by atoms with Gasteiger partial charge in [-0.15, -0.1) is 0 Å². The molecule has 0 atom stereocenters. The van der Waals surface area contributed by atoms with Gasteiger partial charge in [-0.05, 0) is 30.3 Å². The molecule has 0 spiro atoms. The molecule has 8 heteroatoms. The first-order valence-corrected chi connectivity index (χ1v) is 6.76. The Balaban J connectivity index is 2.38. The predicted octanol–water partition coefficient (Wildman–Crippen LogP) is 1.94. The Morgan fingerprint density at radius 2 is 2.05 bits per heavy atom. The van der Waals surface area contributed by atoms with E-state index in [0.29, 0.717) is 22.2 Å². The molecule has 2 aromatic rings. The summed E-state index contributed by atoms with van der Waals surface area (Å²) in [6.07, 6.45) is 1.51. The number of pyridine rings is 1. The van der Waals surface area contributed by atoms with Crippen molar-refractivity contribution < 1.29 is 15.1 Å². The molecule has 0 fully saturated rings. The van der Waals surface area contributed by atoms with Crippen LogP contribution in [0.2, 0.25) is 5.02 Å². The third-order valence-electron chi connectivity index (χ3n) is 2.73. The molecule has 1 aromatic heterocycles. The number of oxime groups is 1. The monoisotopic (exact) mass is 322 g/mol. The van der Waals surface area contributed by atoms with Crippen LogP contribution in [-0.4, -0.2) is 34.3 Å². The van der Waals surface area contributed by atoms with Gasteiger partial charge in [-0.2, -0.15) is 0 Å². The van der Waals surface area contributed by atoms with E-state index in [-0.39, 0.29) is 19.0 Å². The van der Waals surface area contributed by atoms with E-state index in [1.54, 1.807) is 30.3 Å². The second kappa shape index (κ2) is 7.48. The standard InChI is InChI=1S/C14H15ClN4O3/c15-9-1-3-10(4-2-9)18-14-12(13(16)19-21)11(5-6-17-14)22-8-7-20/h1-6,20-21H,7-8H2,(H2,16,19)(H,17,18). The van der Waals surface area contributed by atoms with Crippen molar-refractivity contribution in [3.63, 3.8) is 0 Å². The molecule has 0 amide bonds. The average molecular weight is 323 g/mol. The van der Waals surface area contributed by atoms with Gasteiger partial charge in [0, 0.05) is 16.9 Å². The summed E-state index contributed by atoms with van der Waals surface area (Å²) < 4.78 is 5.38. The number of hydrogen-bond acceptors (Lipinski definition) is 6. The molecular formula is C14H15ClN4O3. The molecule has 0 bridgehead atoms. The van der Waals surface area contributed by atoms with Crippen LogP contribution in [-0.2, 0) is 0 Å². The zero-order valence-corrected chi connectivity index (χ0v) is 12.3. The molecule has 7 nitrogen and oxygen atoms in total. The Morgan fingerprint density at radius 1 is 1.32 bits per heavy atom. The topological polar surface area (TPSA) is 113 Å². The molecule has 0 aliphatic carbocycles. The molecule has 1 heterocycles. The highest BCUT2D eigenvalue weighted by Gasteiger charge is 2.16. The maximum atomic E-state index is 8.95. The molecular weight excluding hydrogens is 308 g/mol. The van der Waals surface area contributed by atoms with E-state index in [4.69, 9.17) is 32.4 Å². The number of halogens is 1. The van der Waals surface area contributed by atoms with Gasteiger partial charge >= 0.3 is 0 Å². The van der Waals surface area contributed by atoms with Gasteiger partial charge in [0.05, 0.1) is 6.61 Å². The molecule has 0 saturated carbocycles. The summed E-state index contributed by atoms with van der Waals surface area (Å²) in [6.45, 7) is -0.0754. The maximum Gasteiger partial charge on any atom is 0.177 e. The summed E-state index contributed by atoms with van der Waals surface area (Å²) in [7, 11) is 0. The largest absolute Gasteiger partial charge is 0.490 e. The number of amidine groups is 1. The van der Waals surface area contributed by atoms with E-state index in [0.717, 1.165) is 5.69 Å². The molecule has 0 aliphatic heterocycles. The van der Waals surface area contributed by atoms with Gasteiger partial charge in [0.2, 0.25) is 0 Å². The van der Waals surface area contributed by atoms with E-state index < -0.39 is 0 Å². The zero-order chi connectivity index (χ0) is 15.9. The number of nitrogens with zero attached hydrogens (tertiary/aromatic N) is 2. The lowest BCUT2D eigenvalue weighted by Crippen LogP contribution is -2.18. The molecule has 2 rings (SSSR count). The van der Waals surface area contributed by atoms with Gasteiger partial charge < -0.3 is 26.1 Å². The second-order valence-corrected chi connectivity index (χ2v) is 4.66. The maximum absolute atomic E-state index is 8.95. The second-order valence-electron chi connectivity index (χ2n) is 4.22. The van der Waals surface area contributed by atoms with E-state index in [2.05, 4.69) is 15.5 Å². The Morgan fingerprint density at radius 3 is 2.68 bits per heavy atom. The van der Waals surface area contributed by atoms with Crippen molar-refractivity contribution >= 4 is 28.9 Å². The molecule has 0 radical (unpaired) electrons. The number of aliphatic hydroxyl groups excluding tert-OH is 1. The predicted molar refractivity (Wildman–Crippen MR) is 84.1 cm³/mol. The van der Waals surface area contributed by atoms with Crippen LogP contribution in [0.25, 0.3) is 0 Å². The summed E-state index contributed by atoms with van der Waals surface area (Å²) in [5, 5.41) is 24.5. The van der Waals surface area contributed by atoms with E-state index in [1.165, 1.54) is 6.20 Å². The van der Waals surface area contributed by atoms with Gasteiger partial charge in [-0.3, -0.25) is 0 Å². The summed E-state index contributed by atoms with van der Waals surface area (Å²) in [5.41, 5.74) is 6.73. The van der Waals surface area contributed by atoms with Crippen molar-refractivity contribution in [3.8, 4) is 5.75 Å². The van der Waals surface area contributed by atoms with Crippen molar-refractivity contribution in [3.05, 3.63) is 47.1 Å². The highest BCUT2D eigenvalue weighted by molar-refractivity contribution is 6.30. The first-order valence-electron chi connectivity index (χ1n) is 6.39. The van der Waals surface area contributed by atoms with Crippen molar-refractivity contribution in [2.75, 3.05) is 18.5 Å². The van der Waals surface area contributed by atoms with Crippen molar-refractivity contribution in [1.29, 1.82) is 0 Å². The minimum absolute atomic E-state index is 0.0795. The van der Waals surface area contributed by atoms with Gasteiger partial charge in [-0.1, -0.05) is 16.8 Å². The smallest absolute Gasteiger partial charge is 0.177 e. The van der Waals surface area contributed by atoms with Crippen LogP contribution in [0.1, 0.15) is 5.56 Å². The molecule has 1 aromatic carbocycles. The van der Waals surface area contributed by atoms with Crippen LogP contribution in [0.3, 0.4) is 0 Å². The Hall–Kier alpha value is -2.51. The summed E-state index contributed by atoms with van der Waals surface area (Å²) in [6, 6.07) is 8.54. The molecule has 0 saturated heterocycles. The Labute approximate surface area is 132 Å². The van der Waals surface area contributed by atoms with E-state index >= 15 is 0 Å². The van der Waals surface area contributed by atoms with E-state index in [1.807, 2.05) is 0 Å². The minimum atomic E-state index is -0.155. The van der Waals surface area contributed by atoms with Crippen molar-refractivity contribution in [1.82, 2.24) is 4.98 Å². The quantitative estimate of drug-likeness (QED) is 0.280. The summed E-state index contributed by atoms with van der Waals surface area (Å²) in [4.78, 5) is 4.18. The molecule has 5 N–H and O–H groups in total. The SMILES string of the molecule is NC(=NO)c1c(OCCO)ccnc1Nc1ccc(Cl)cc1. The number of nitrogens with two attached hydrogens (primary N) is 1. The number of aliphatic hydroxyl groups is 1. The molecule has 0 unspecified atom stereocenters. The lowest BCUT2D eigenvalue weighted by molar-refractivity contribution is 0.201. The third-order valence-corrected chi connectivity index (χ3v) is 2.98. The minimum Gasteiger partial charge on any atom is -0.490 e. The number of benzene rings is 1. The van der Waals surface area contributed by atoms with Crippen LogP contribution < -0.4 is 15.8 Å². The van der Waals surface area contributed by atoms with Gasteiger partial charge in [0.25, 0.3) is 0 Å². The normalized spacial score (nSPS) is 11.3. The number of rotatable bonds is 6. The summed E-state index contributed by atoms with van der Waals surface area (Å²) in [5.74, 6) is 0.543. The molecule has 116 valence electrons. The van der Waals surface area contributed by atoms with Gasteiger partial charge in [0.15, 0.2) is 5.84 Å². The lowest BCUT2D eigenvalue weighted by atomic mass is 10.2. The van der Waals surface area contributed by atoms with Crippen LogP contribution in [0.15, 0.2) is 41.7 Å². The van der Waals surface area contributed by atoms with Gasteiger partial charge in [-0.25, -0.2) is 4.98 Å². The highest BCUT2D eigenvalue weighted by atomic mass is 35.5. The fraction of sp³-hybridized carbons (Fsp3) is 0.143. The Kier molecular flexibility index (Phi) is 5.40.